The zero-order chi connectivity index (χ0) is 14.0. The molecule has 0 unspecified atom stereocenters. The molecule has 0 amide bonds. The van der Waals surface area contributed by atoms with Crippen LogP contribution in [-0.4, -0.2) is 14.9 Å². The van der Waals surface area contributed by atoms with Crippen LogP contribution in [0.1, 0.15) is 0 Å². The molecular weight excluding hydrogens is 298 g/mol. The van der Waals surface area contributed by atoms with Crippen LogP contribution in [0.2, 0.25) is 10.3 Å². The minimum absolute atomic E-state index is 0.0565. The zero-order valence-electron chi connectivity index (χ0n) is 9.10. The molecule has 1 N–H and O–H groups in total. The number of anilines is 2. The van der Waals surface area contributed by atoms with Crippen molar-refractivity contribution in [2.24, 2.45) is 0 Å². The van der Waals surface area contributed by atoms with E-state index in [1.807, 2.05) is 0 Å². The quantitative estimate of drug-likeness (QED) is 0.532. The summed E-state index contributed by atoms with van der Waals surface area (Å²) in [4.78, 5) is 17.4. The molecule has 2 aromatic rings. The van der Waals surface area contributed by atoms with Crippen molar-refractivity contribution >= 4 is 40.4 Å². The van der Waals surface area contributed by atoms with E-state index in [0.717, 1.165) is 18.2 Å². The van der Waals surface area contributed by atoms with Crippen LogP contribution in [0, 0.1) is 15.9 Å². The van der Waals surface area contributed by atoms with Gasteiger partial charge in [0, 0.05) is 12.1 Å². The highest BCUT2D eigenvalue weighted by molar-refractivity contribution is 6.33. The van der Waals surface area contributed by atoms with E-state index in [9.17, 15) is 14.5 Å². The largest absolute Gasteiger partial charge is 0.336 e. The molecule has 0 aliphatic carbocycles. The Hall–Kier alpha value is -1.99. The summed E-state index contributed by atoms with van der Waals surface area (Å²) in [7, 11) is 0. The van der Waals surface area contributed by atoms with Crippen molar-refractivity contribution in [3.8, 4) is 0 Å². The molecule has 0 atom stereocenters. The summed E-state index contributed by atoms with van der Waals surface area (Å²) in [6.45, 7) is 0. The van der Waals surface area contributed by atoms with Crippen LogP contribution >= 0.6 is 23.2 Å². The lowest BCUT2D eigenvalue weighted by Gasteiger charge is -2.08. The first-order chi connectivity index (χ1) is 8.97. The Morgan fingerprint density at radius 3 is 2.79 bits per heavy atom. The van der Waals surface area contributed by atoms with Crippen molar-refractivity contribution < 1.29 is 9.31 Å². The standard InChI is InChI=1S/C10H5Cl2FN4O2/c11-6-4-14-10(12)16-9(6)15-8-3-5(17(18)19)1-2-7(8)13/h1-4H,(H,14,15,16). The van der Waals surface area contributed by atoms with E-state index in [1.165, 1.54) is 6.20 Å². The Bertz CT molecular complexity index is 653. The molecule has 19 heavy (non-hydrogen) atoms. The van der Waals surface area contributed by atoms with Gasteiger partial charge >= 0.3 is 0 Å². The molecule has 0 aliphatic heterocycles. The predicted molar refractivity (Wildman–Crippen MR) is 68.4 cm³/mol. The molecule has 0 spiro atoms. The second kappa shape index (κ2) is 5.33. The van der Waals surface area contributed by atoms with Crippen molar-refractivity contribution in [3.63, 3.8) is 0 Å². The van der Waals surface area contributed by atoms with Crippen molar-refractivity contribution in [3.05, 3.63) is 50.6 Å². The van der Waals surface area contributed by atoms with Crippen LogP contribution in [0.25, 0.3) is 0 Å². The number of benzene rings is 1. The molecule has 9 heteroatoms. The molecule has 0 fully saturated rings. The Morgan fingerprint density at radius 1 is 1.37 bits per heavy atom. The topological polar surface area (TPSA) is 81.0 Å². The number of non-ortho nitro benzene ring substituents is 1. The number of halogens is 3. The Kier molecular flexibility index (Phi) is 3.77. The first-order valence-electron chi connectivity index (χ1n) is 4.86. The maximum absolute atomic E-state index is 13.5. The average Bonchev–Trinajstić information content (AvgIpc) is 2.36. The maximum atomic E-state index is 13.5. The van der Waals surface area contributed by atoms with Gasteiger partial charge < -0.3 is 5.32 Å². The summed E-state index contributed by atoms with van der Waals surface area (Å²) in [6.07, 6.45) is 1.23. The maximum Gasteiger partial charge on any atom is 0.271 e. The number of nitrogens with zero attached hydrogens (tertiary/aromatic N) is 3. The van der Waals surface area contributed by atoms with E-state index in [2.05, 4.69) is 15.3 Å². The monoisotopic (exact) mass is 302 g/mol. The number of aromatic nitrogens is 2. The summed E-state index contributed by atoms with van der Waals surface area (Å²) in [5.74, 6) is -0.627. The third-order valence-corrected chi connectivity index (χ3v) is 2.59. The number of nitro groups is 1. The van der Waals surface area contributed by atoms with E-state index in [0.29, 0.717) is 0 Å². The van der Waals surface area contributed by atoms with Crippen molar-refractivity contribution in [2.45, 2.75) is 0 Å². The predicted octanol–water partition coefficient (Wildman–Crippen LogP) is 3.57. The van der Waals surface area contributed by atoms with Gasteiger partial charge in [-0.3, -0.25) is 10.1 Å². The Balaban J connectivity index is 2.40. The molecule has 0 radical (unpaired) electrons. The molecule has 2 rings (SSSR count). The fourth-order valence-corrected chi connectivity index (χ4v) is 1.56. The fourth-order valence-electron chi connectivity index (χ4n) is 1.28. The van der Waals surface area contributed by atoms with Gasteiger partial charge in [0.15, 0.2) is 5.82 Å². The van der Waals surface area contributed by atoms with Crippen LogP contribution < -0.4 is 5.32 Å². The second-order valence-electron chi connectivity index (χ2n) is 3.38. The molecule has 0 saturated heterocycles. The molecule has 1 heterocycles. The van der Waals surface area contributed by atoms with Gasteiger partial charge in [-0.05, 0) is 17.7 Å². The summed E-state index contributed by atoms with van der Waals surface area (Å²) in [5.41, 5.74) is -0.397. The minimum Gasteiger partial charge on any atom is -0.336 e. The van der Waals surface area contributed by atoms with E-state index in [1.54, 1.807) is 0 Å². The van der Waals surface area contributed by atoms with Crippen molar-refractivity contribution in [1.82, 2.24) is 9.97 Å². The number of hydrogen-bond acceptors (Lipinski definition) is 5. The lowest BCUT2D eigenvalue weighted by atomic mass is 10.2. The van der Waals surface area contributed by atoms with Gasteiger partial charge in [0.25, 0.3) is 5.69 Å². The fraction of sp³-hybridized carbons (Fsp3) is 0. The Labute approximate surface area is 116 Å². The molecule has 0 aliphatic rings. The number of nitro benzene ring substituents is 1. The lowest BCUT2D eigenvalue weighted by Crippen LogP contribution is -1.99. The highest BCUT2D eigenvalue weighted by Gasteiger charge is 2.13. The number of rotatable bonds is 3. The molecule has 1 aromatic heterocycles. The molecule has 6 nitrogen and oxygen atoms in total. The van der Waals surface area contributed by atoms with Crippen LogP contribution in [0.3, 0.4) is 0 Å². The van der Waals surface area contributed by atoms with Crippen LogP contribution in [0.5, 0.6) is 0 Å². The van der Waals surface area contributed by atoms with Gasteiger partial charge in [-0.1, -0.05) is 11.6 Å². The van der Waals surface area contributed by atoms with Gasteiger partial charge in [0.1, 0.15) is 10.8 Å². The molecule has 98 valence electrons. The van der Waals surface area contributed by atoms with Gasteiger partial charge in [-0.2, -0.15) is 4.98 Å². The third kappa shape index (κ3) is 3.07. The molecule has 0 saturated carbocycles. The van der Waals surface area contributed by atoms with Crippen molar-refractivity contribution in [2.75, 3.05) is 5.32 Å². The highest BCUT2D eigenvalue weighted by Crippen LogP contribution is 2.27. The summed E-state index contributed by atoms with van der Waals surface area (Å²) in [5, 5.41) is 13.2. The van der Waals surface area contributed by atoms with Gasteiger partial charge in [-0.15, -0.1) is 0 Å². The Morgan fingerprint density at radius 2 is 2.11 bits per heavy atom. The molecule has 1 aromatic carbocycles. The van der Waals surface area contributed by atoms with E-state index < -0.39 is 10.7 Å². The first-order valence-corrected chi connectivity index (χ1v) is 5.62. The number of nitrogens with one attached hydrogen (secondary N) is 1. The third-order valence-electron chi connectivity index (χ3n) is 2.13. The lowest BCUT2D eigenvalue weighted by molar-refractivity contribution is -0.384. The van der Waals surface area contributed by atoms with E-state index in [4.69, 9.17) is 23.2 Å². The van der Waals surface area contributed by atoms with Gasteiger partial charge in [0.2, 0.25) is 5.28 Å². The highest BCUT2D eigenvalue weighted by atomic mass is 35.5. The second-order valence-corrected chi connectivity index (χ2v) is 4.13. The van der Waals surface area contributed by atoms with Crippen molar-refractivity contribution in [1.29, 1.82) is 0 Å². The van der Waals surface area contributed by atoms with E-state index in [-0.39, 0.29) is 27.5 Å². The molecule has 0 bridgehead atoms. The van der Waals surface area contributed by atoms with Crippen LogP contribution in [-0.2, 0) is 0 Å². The van der Waals surface area contributed by atoms with Gasteiger partial charge in [-0.25, -0.2) is 9.37 Å². The minimum atomic E-state index is -0.684. The van der Waals surface area contributed by atoms with E-state index >= 15 is 0 Å². The van der Waals surface area contributed by atoms with Crippen LogP contribution in [0.15, 0.2) is 24.4 Å². The smallest absolute Gasteiger partial charge is 0.271 e. The summed E-state index contributed by atoms with van der Waals surface area (Å²) < 4.78 is 13.5. The van der Waals surface area contributed by atoms with Gasteiger partial charge in [0.05, 0.1) is 16.8 Å². The average molecular weight is 303 g/mol. The SMILES string of the molecule is O=[N+]([O-])c1ccc(F)c(Nc2nc(Cl)ncc2Cl)c1. The number of hydrogen-bond donors (Lipinski definition) is 1. The normalized spacial score (nSPS) is 10.3. The summed E-state index contributed by atoms with van der Waals surface area (Å²) >= 11 is 11.4. The zero-order valence-corrected chi connectivity index (χ0v) is 10.6. The first kappa shape index (κ1) is 13.4. The van der Waals surface area contributed by atoms with Crippen LogP contribution in [0.4, 0.5) is 21.6 Å². The molecular formula is C10H5Cl2FN4O2. The summed E-state index contributed by atoms with van der Waals surface area (Å²) in [6, 6.07) is 3.05.